The van der Waals surface area contributed by atoms with Crippen molar-refractivity contribution in [1.29, 1.82) is 0 Å². The number of ether oxygens (including phenoxy) is 1. The van der Waals surface area contributed by atoms with Crippen molar-refractivity contribution in [3.8, 4) is 27.6 Å². The number of nitrogens with one attached hydrogen (secondary N) is 1. The lowest BCUT2D eigenvalue weighted by atomic mass is 9.93. The first-order chi connectivity index (χ1) is 24.6. The molecule has 0 aliphatic heterocycles. The molecule has 2 aliphatic carbocycles. The zero-order chi connectivity index (χ0) is 35.8. The van der Waals surface area contributed by atoms with Crippen molar-refractivity contribution in [3.05, 3.63) is 106 Å². The number of hydrogen-bond donors (Lipinski definition) is 2. The molecule has 4 aromatic heterocycles. The molecule has 0 saturated heterocycles. The number of rotatable bonds is 8. The van der Waals surface area contributed by atoms with Crippen molar-refractivity contribution in [2.45, 2.75) is 72.3 Å². The summed E-state index contributed by atoms with van der Waals surface area (Å²) in [5.74, 6) is 2.10. The molecule has 0 bridgehead atoms. The average molecular weight is 705 g/mol. The first-order valence-electron chi connectivity index (χ1n) is 17.3. The number of methoxy groups -OCH3 is 1. The average Bonchev–Trinajstić information content (AvgIpc) is 3.91. The van der Waals surface area contributed by atoms with Gasteiger partial charge in [-0.05, 0) is 109 Å². The number of halogens is 1. The highest BCUT2D eigenvalue weighted by atomic mass is 32.1. The predicted octanol–water partition coefficient (Wildman–Crippen LogP) is 8.74. The molecule has 6 aromatic rings. The number of nitrogens with two attached hydrogens (primary N) is 1. The summed E-state index contributed by atoms with van der Waals surface area (Å²) in [7, 11) is 1.71. The Morgan fingerprint density at radius 1 is 1.08 bits per heavy atom. The molecule has 0 saturated carbocycles. The van der Waals surface area contributed by atoms with Gasteiger partial charge < -0.3 is 20.2 Å². The number of aromatic nitrogens is 4. The van der Waals surface area contributed by atoms with Crippen molar-refractivity contribution in [2.75, 3.05) is 12.4 Å². The Bertz CT molecular complexity index is 2260. The van der Waals surface area contributed by atoms with Crippen LogP contribution >= 0.6 is 11.3 Å². The summed E-state index contributed by atoms with van der Waals surface area (Å²) in [6.45, 7) is 7.83. The van der Waals surface area contributed by atoms with E-state index in [2.05, 4.69) is 41.5 Å². The molecule has 0 radical (unpaired) electrons. The van der Waals surface area contributed by atoms with Crippen LogP contribution in [0.2, 0.25) is 0 Å². The second-order valence-electron chi connectivity index (χ2n) is 13.6. The van der Waals surface area contributed by atoms with Gasteiger partial charge in [0.2, 0.25) is 11.8 Å². The Morgan fingerprint density at radius 2 is 1.90 bits per heavy atom. The Balaban J connectivity index is 0.000000347. The minimum atomic E-state index is -0.536. The zero-order valence-corrected chi connectivity index (χ0v) is 30.3. The quantitative estimate of drug-likeness (QED) is 0.161. The van der Waals surface area contributed by atoms with Crippen molar-refractivity contribution in [3.63, 3.8) is 0 Å². The number of carbonyl (C=O) groups is 1. The van der Waals surface area contributed by atoms with Crippen LogP contribution in [0.15, 0.2) is 59.1 Å². The molecule has 1 unspecified atom stereocenters. The summed E-state index contributed by atoms with van der Waals surface area (Å²) >= 11 is 1.56. The summed E-state index contributed by atoms with van der Waals surface area (Å²) in [5.41, 5.74) is 14.1. The minimum Gasteiger partial charge on any atom is -0.496 e. The summed E-state index contributed by atoms with van der Waals surface area (Å²) in [6, 6.07) is 15.5. The largest absolute Gasteiger partial charge is 0.496 e. The van der Waals surface area contributed by atoms with Gasteiger partial charge in [0.25, 0.3) is 5.91 Å². The topological polar surface area (TPSA) is 129 Å². The molecule has 3 N–H and O–H groups in total. The molecule has 8 rings (SSSR count). The standard InChI is InChI=1S/C31H32N6O3S.C9H9F/c1-15(2)13-22-26(29(32)38)27(25(16(3)34-22)31-37-36-17(4)40-31)24-14-18-11-12-33-30(28(18)41-24)35-21-10-9-20-19(21)7-6-8-23(20)39-5;10-9-5-4-7-2-1-3-8(7)6-9/h6-8,11-12,14-15,21H,9-10,13H2,1-5H3,(H2,32,38)(H,33,35);4-6H,1-3H2. The zero-order valence-electron chi connectivity index (χ0n) is 29.5. The van der Waals surface area contributed by atoms with Gasteiger partial charge in [-0.2, -0.15) is 0 Å². The van der Waals surface area contributed by atoms with E-state index >= 15 is 0 Å². The van der Waals surface area contributed by atoms with Gasteiger partial charge in [0, 0.05) is 23.6 Å². The van der Waals surface area contributed by atoms with Gasteiger partial charge in [0.1, 0.15) is 17.4 Å². The van der Waals surface area contributed by atoms with Gasteiger partial charge in [-0.1, -0.05) is 32.0 Å². The number of amides is 1. The van der Waals surface area contributed by atoms with Gasteiger partial charge in [-0.3, -0.25) is 9.78 Å². The molecule has 1 amide bonds. The van der Waals surface area contributed by atoms with E-state index in [4.69, 9.17) is 24.9 Å². The lowest BCUT2D eigenvalue weighted by Gasteiger charge is -2.17. The van der Waals surface area contributed by atoms with Crippen molar-refractivity contribution in [1.82, 2.24) is 20.2 Å². The van der Waals surface area contributed by atoms with Gasteiger partial charge in [-0.25, -0.2) is 9.37 Å². The summed E-state index contributed by atoms with van der Waals surface area (Å²) in [4.78, 5) is 23.5. The van der Waals surface area contributed by atoms with Gasteiger partial charge >= 0.3 is 0 Å². The normalized spacial score (nSPS) is 14.7. The van der Waals surface area contributed by atoms with Gasteiger partial charge in [0.05, 0.1) is 40.4 Å². The lowest BCUT2D eigenvalue weighted by Crippen LogP contribution is -2.19. The van der Waals surface area contributed by atoms with Crippen LogP contribution < -0.4 is 15.8 Å². The second-order valence-corrected chi connectivity index (χ2v) is 14.6. The number of carbonyl (C=O) groups excluding carboxylic acids is 1. The molecule has 1 atom stereocenters. The number of benzene rings is 2. The highest BCUT2D eigenvalue weighted by Crippen LogP contribution is 2.46. The molecule has 262 valence electrons. The van der Waals surface area contributed by atoms with Crippen molar-refractivity contribution in [2.24, 2.45) is 11.7 Å². The number of aryl methyl sites for hydroxylation is 4. The molecule has 0 fully saturated rings. The highest BCUT2D eigenvalue weighted by molar-refractivity contribution is 7.23. The van der Waals surface area contributed by atoms with E-state index in [9.17, 15) is 9.18 Å². The van der Waals surface area contributed by atoms with E-state index in [1.165, 1.54) is 28.7 Å². The molecular formula is C40H41FN6O3S. The number of hydrogen-bond acceptors (Lipinski definition) is 9. The fraction of sp³-hybridized carbons (Fsp3) is 0.325. The Morgan fingerprint density at radius 3 is 2.65 bits per heavy atom. The maximum atomic E-state index is 13.1. The summed E-state index contributed by atoms with van der Waals surface area (Å²) in [6.07, 6.45) is 7.69. The third kappa shape index (κ3) is 6.82. The van der Waals surface area contributed by atoms with E-state index in [1.54, 1.807) is 37.5 Å². The Hall–Kier alpha value is -5.16. The number of pyridine rings is 2. The molecule has 11 heteroatoms. The molecular weight excluding hydrogens is 664 g/mol. The van der Waals surface area contributed by atoms with Gasteiger partial charge in [-0.15, -0.1) is 21.5 Å². The van der Waals surface area contributed by atoms with E-state index in [0.29, 0.717) is 46.3 Å². The first-order valence-corrected chi connectivity index (χ1v) is 18.1. The fourth-order valence-corrected chi connectivity index (χ4v) is 8.49. The number of fused-ring (bicyclic) bond motifs is 3. The van der Waals surface area contributed by atoms with Crippen LogP contribution in [-0.2, 0) is 25.7 Å². The number of thiophene rings is 1. The molecule has 2 aliphatic rings. The van der Waals surface area contributed by atoms with Crippen LogP contribution in [0, 0.1) is 25.6 Å². The third-order valence-corrected chi connectivity index (χ3v) is 10.7. The lowest BCUT2D eigenvalue weighted by molar-refractivity contribution is 0.0999. The van der Waals surface area contributed by atoms with E-state index in [1.807, 2.05) is 37.4 Å². The monoisotopic (exact) mass is 704 g/mol. The summed E-state index contributed by atoms with van der Waals surface area (Å²) in [5, 5.41) is 13.0. The Labute approximate surface area is 300 Å². The summed E-state index contributed by atoms with van der Waals surface area (Å²) < 4.78 is 25.0. The third-order valence-electron chi connectivity index (χ3n) is 9.54. The van der Waals surface area contributed by atoms with E-state index < -0.39 is 5.91 Å². The molecule has 4 heterocycles. The van der Waals surface area contributed by atoms with E-state index in [-0.39, 0.29) is 17.8 Å². The van der Waals surface area contributed by atoms with Crippen molar-refractivity contribution >= 4 is 33.1 Å². The predicted molar refractivity (Wildman–Crippen MR) is 199 cm³/mol. The molecule has 9 nitrogen and oxygen atoms in total. The highest BCUT2D eigenvalue weighted by Gasteiger charge is 2.29. The molecule has 51 heavy (non-hydrogen) atoms. The van der Waals surface area contributed by atoms with Crippen LogP contribution in [0.3, 0.4) is 0 Å². The fourth-order valence-electron chi connectivity index (χ4n) is 7.33. The number of primary amides is 1. The van der Waals surface area contributed by atoms with Crippen LogP contribution in [0.5, 0.6) is 5.75 Å². The number of anilines is 1. The van der Waals surface area contributed by atoms with Crippen LogP contribution in [-0.4, -0.2) is 33.2 Å². The molecule has 2 aromatic carbocycles. The van der Waals surface area contributed by atoms with Crippen LogP contribution in [0.1, 0.15) is 82.6 Å². The first kappa shape index (κ1) is 34.3. The molecule has 0 spiro atoms. The van der Waals surface area contributed by atoms with E-state index in [0.717, 1.165) is 52.2 Å². The van der Waals surface area contributed by atoms with Gasteiger partial charge in [0.15, 0.2) is 0 Å². The van der Waals surface area contributed by atoms with Crippen LogP contribution in [0.4, 0.5) is 10.2 Å². The SMILES string of the molecule is COc1cccc2c1CCC2Nc1nccc2cc(-c3c(C(N)=O)c(CC(C)C)nc(C)c3-c3nnc(C)o3)sc12.Fc1ccc2c(c1)CCC2. The maximum Gasteiger partial charge on any atom is 0.251 e. The minimum absolute atomic E-state index is 0.0966. The van der Waals surface area contributed by atoms with Crippen molar-refractivity contribution < 1.29 is 18.3 Å². The smallest absolute Gasteiger partial charge is 0.251 e. The second kappa shape index (κ2) is 14.2. The maximum absolute atomic E-state index is 13.1. The Kier molecular flexibility index (Phi) is 9.56. The van der Waals surface area contributed by atoms with Crippen LogP contribution in [0.25, 0.3) is 32.0 Å². The number of nitrogens with zero attached hydrogens (tertiary/aromatic N) is 4.